The van der Waals surface area contributed by atoms with Gasteiger partial charge in [-0.05, 0) is 24.3 Å². The highest BCUT2D eigenvalue weighted by Crippen LogP contribution is 2.27. The van der Waals surface area contributed by atoms with Gasteiger partial charge in [0.2, 0.25) is 0 Å². The molecule has 0 spiro atoms. The van der Waals surface area contributed by atoms with E-state index in [-0.39, 0.29) is 16.3 Å². The number of anilines is 1. The number of para-hydroxylation sites is 1. The molecular weight excluding hydrogens is 254 g/mol. The summed E-state index contributed by atoms with van der Waals surface area (Å²) in [4.78, 5) is -0.365. The number of nitrogens with two attached hydrogens (primary N) is 1. The summed E-state index contributed by atoms with van der Waals surface area (Å²) < 4.78 is 36.6. The third-order valence-electron chi connectivity index (χ3n) is 2.24. The van der Waals surface area contributed by atoms with Gasteiger partial charge in [0.05, 0.1) is 5.69 Å². The summed E-state index contributed by atoms with van der Waals surface area (Å²) in [7, 11) is -4.35. The average molecular weight is 265 g/mol. The second-order valence-electron chi connectivity index (χ2n) is 3.59. The van der Waals surface area contributed by atoms with Crippen molar-refractivity contribution in [2.45, 2.75) is 4.90 Å². The first kappa shape index (κ1) is 12.4. The quantitative estimate of drug-likeness (QED) is 0.656. The fourth-order valence-corrected chi connectivity index (χ4v) is 2.06. The second-order valence-corrected chi connectivity index (χ2v) is 4.98. The molecule has 0 atom stereocenters. The Labute approximate surface area is 105 Å². The molecule has 18 heavy (non-hydrogen) atoms. The number of ether oxygens (including phenoxy) is 1. The van der Waals surface area contributed by atoms with Crippen molar-refractivity contribution in [3.63, 3.8) is 0 Å². The third kappa shape index (κ3) is 2.79. The van der Waals surface area contributed by atoms with Gasteiger partial charge in [-0.25, -0.2) is 0 Å². The van der Waals surface area contributed by atoms with E-state index in [0.29, 0.717) is 5.75 Å². The normalized spacial score (nSPS) is 11.2. The smallest absolute Gasteiger partial charge is 0.296 e. The van der Waals surface area contributed by atoms with Gasteiger partial charge in [0.1, 0.15) is 16.4 Å². The Morgan fingerprint density at radius 2 is 1.67 bits per heavy atom. The molecule has 0 aliphatic carbocycles. The molecule has 0 amide bonds. The van der Waals surface area contributed by atoms with Crippen LogP contribution in [0.1, 0.15) is 0 Å². The van der Waals surface area contributed by atoms with Gasteiger partial charge in [-0.3, -0.25) is 4.55 Å². The fraction of sp³-hybridized carbons (Fsp3) is 0. The number of nitrogen functional groups attached to an aromatic ring is 1. The Morgan fingerprint density at radius 1 is 1.00 bits per heavy atom. The van der Waals surface area contributed by atoms with Crippen LogP contribution in [0.2, 0.25) is 0 Å². The van der Waals surface area contributed by atoms with Crippen LogP contribution in [0.3, 0.4) is 0 Å². The molecule has 0 heterocycles. The minimum Gasteiger partial charge on any atom is -0.457 e. The standard InChI is InChI=1S/C12H11NO4S/c13-11-7-6-10(8-12(11)18(14,15)16)17-9-4-2-1-3-5-9/h1-8H,13H2,(H,14,15,16). The summed E-state index contributed by atoms with van der Waals surface area (Å²) in [6.45, 7) is 0. The van der Waals surface area contributed by atoms with Crippen LogP contribution >= 0.6 is 0 Å². The van der Waals surface area contributed by atoms with Crippen LogP contribution in [-0.2, 0) is 10.1 Å². The zero-order chi connectivity index (χ0) is 13.2. The second kappa shape index (κ2) is 4.67. The third-order valence-corrected chi connectivity index (χ3v) is 3.15. The van der Waals surface area contributed by atoms with E-state index in [1.165, 1.54) is 18.2 Å². The highest BCUT2D eigenvalue weighted by Gasteiger charge is 2.15. The van der Waals surface area contributed by atoms with Gasteiger partial charge in [0.25, 0.3) is 10.1 Å². The van der Waals surface area contributed by atoms with Crippen LogP contribution in [-0.4, -0.2) is 13.0 Å². The van der Waals surface area contributed by atoms with Gasteiger partial charge in [0.15, 0.2) is 0 Å². The van der Waals surface area contributed by atoms with E-state index < -0.39 is 10.1 Å². The van der Waals surface area contributed by atoms with Gasteiger partial charge >= 0.3 is 0 Å². The molecule has 94 valence electrons. The van der Waals surface area contributed by atoms with Gasteiger partial charge in [-0.2, -0.15) is 8.42 Å². The predicted octanol–water partition coefficient (Wildman–Crippen LogP) is 2.31. The SMILES string of the molecule is Nc1ccc(Oc2ccccc2)cc1S(=O)(=O)O. The lowest BCUT2D eigenvalue weighted by Crippen LogP contribution is -2.03. The van der Waals surface area contributed by atoms with Crippen LogP contribution in [0.4, 0.5) is 5.69 Å². The lowest BCUT2D eigenvalue weighted by atomic mass is 10.3. The van der Waals surface area contributed by atoms with E-state index in [9.17, 15) is 8.42 Å². The van der Waals surface area contributed by atoms with E-state index in [1.54, 1.807) is 24.3 Å². The largest absolute Gasteiger partial charge is 0.457 e. The zero-order valence-electron chi connectivity index (χ0n) is 9.28. The van der Waals surface area contributed by atoms with E-state index in [2.05, 4.69) is 0 Å². The van der Waals surface area contributed by atoms with Crippen molar-refractivity contribution >= 4 is 15.8 Å². The molecule has 2 rings (SSSR count). The van der Waals surface area contributed by atoms with Crippen molar-refractivity contribution in [2.75, 3.05) is 5.73 Å². The van der Waals surface area contributed by atoms with E-state index >= 15 is 0 Å². The van der Waals surface area contributed by atoms with E-state index in [1.807, 2.05) is 6.07 Å². The lowest BCUT2D eigenvalue weighted by Gasteiger charge is -2.08. The maximum absolute atomic E-state index is 11.1. The zero-order valence-corrected chi connectivity index (χ0v) is 10.1. The van der Waals surface area contributed by atoms with Crippen molar-refractivity contribution in [2.24, 2.45) is 0 Å². The first-order valence-electron chi connectivity index (χ1n) is 5.07. The molecule has 0 saturated heterocycles. The van der Waals surface area contributed by atoms with Crippen LogP contribution in [0.25, 0.3) is 0 Å². The number of benzene rings is 2. The van der Waals surface area contributed by atoms with Gasteiger partial charge in [-0.1, -0.05) is 18.2 Å². The molecule has 2 aromatic rings. The Balaban J connectivity index is 2.37. The molecule has 0 saturated carbocycles. The van der Waals surface area contributed by atoms with Crippen molar-refractivity contribution in [3.05, 3.63) is 48.5 Å². The predicted molar refractivity (Wildman–Crippen MR) is 67.2 cm³/mol. The Hall–Kier alpha value is -2.05. The van der Waals surface area contributed by atoms with Gasteiger partial charge < -0.3 is 10.5 Å². The summed E-state index contributed by atoms with van der Waals surface area (Å²) in [6.07, 6.45) is 0. The van der Waals surface area contributed by atoms with Crippen LogP contribution in [0.15, 0.2) is 53.4 Å². The molecule has 0 aromatic heterocycles. The molecule has 0 unspecified atom stereocenters. The highest BCUT2D eigenvalue weighted by atomic mass is 32.2. The van der Waals surface area contributed by atoms with Crippen LogP contribution < -0.4 is 10.5 Å². The Bertz CT molecular complexity index is 653. The molecule has 5 nitrogen and oxygen atoms in total. The van der Waals surface area contributed by atoms with Crippen LogP contribution in [0, 0.1) is 0 Å². The van der Waals surface area contributed by atoms with Crippen molar-refractivity contribution < 1.29 is 17.7 Å². The molecule has 0 fully saturated rings. The molecule has 3 N–H and O–H groups in total. The summed E-state index contributed by atoms with van der Waals surface area (Å²) in [5.41, 5.74) is 5.44. The molecule has 2 aromatic carbocycles. The topological polar surface area (TPSA) is 89.6 Å². The minimum absolute atomic E-state index is 0.0297. The van der Waals surface area contributed by atoms with E-state index in [0.717, 1.165) is 0 Å². The van der Waals surface area contributed by atoms with Crippen molar-refractivity contribution in [1.29, 1.82) is 0 Å². The molecule has 0 radical (unpaired) electrons. The molecule has 0 aliphatic rings. The molecule has 0 bridgehead atoms. The molecule has 0 aliphatic heterocycles. The minimum atomic E-state index is -4.35. The highest BCUT2D eigenvalue weighted by molar-refractivity contribution is 7.86. The first-order chi connectivity index (χ1) is 8.47. The van der Waals surface area contributed by atoms with Crippen molar-refractivity contribution in [3.8, 4) is 11.5 Å². The first-order valence-corrected chi connectivity index (χ1v) is 6.51. The number of hydrogen-bond donors (Lipinski definition) is 2. The monoisotopic (exact) mass is 265 g/mol. The summed E-state index contributed by atoms with van der Waals surface area (Å²) in [5.74, 6) is 0.839. The van der Waals surface area contributed by atoms with Crippen molar-refractivity contribution in [1.82, 2.24) is 0 Å². The molecular formula is C12H11NO4S. The van der Waals surface area contributed by atoms with E-state index in [4.69, 9.17) is 15.0 Å². The average Bonchev–Trinajstić information content (AvgIpc) is 2.31. The lowest BCUT2D eigenvalue weighted by molar-refractivity contribution is 0.472. The Morgan fingerprint density at radius 3 is 2.28 bits per heavy atom. The fourth-order valence-electron chi connectivity index (χ4n) is 1.43. The Kier molecular flexibility index (Phi) is 3.22. The maximum atomic E-state index is 11.1. The molecule has 6 heteroatoms. The van der Waals surface area contributed by atoms with Gasteiger partial charge in [0, 0.05) is 6.07 Å². The maximum Gasteiger partial charge on any atom is 0.296 e. The summed E-state index contributed by atoms with van der Waals surface area (Å²) in [5, 5.41) is 0. The summed E-state index contributed by atoms with van der Waals surface area (Å²) in [6, 6.07) is 12.9. The number of hydrogen-bond acceptors (Lipinski definition) is 4. The number of rotatable bonds is 3. The summed E-state index contributed by atoms with van der Waals surface area (Å²) >= 11 is 0. The van der Waals surface area contributed by atoms with Gasteiger partial charge in [-0.15, -0.1) is 0 Å². The van der Waals surface area contributed by atoms with Crippen LogP contribution in [0.5, 0.6) is 11.5 Å².